The van der Waals surface area contributed by atoms with E-state index in [4.69, 9.17) is 9.47 Å². The summed E-state index contributed by atoms with van der Waals surface area (Å²) in [5.41, 5.74) is 2.21. The van der Waals surface area contributed by atoms with Gasteiger partial charge in [-0.2, -0.15) is 0 Å². The van der Waals surface area contributed by atoms with Crippen LogP contribution in [0.25, 0.3) is 0 Å². The zero-order valence-electron chi connectivity index (χ0n) is 27.9. The number of benzene rings is 1. The summed E-state index contributed by atoms with van der Waals surface area (Å²) in [6.45, 7) is 3.20. The predicted octanol–water partition coefficient (Wildman–Crippen LogP) is 7.77. The molecule has 2 aliphatic heterocycles. The molecule has 2 bridgehead atoms. The lowest BCUT2D eigenvalue weighted by Crippen LogP contribution is -2.69. The molecule has 5 aliphatic carbocycles. The molecule has 4 saturated carbocycles. The van der Waals surface area contributed by atoms with Gasteiger partial charge in [0.1, 0.15) is 11.9 Å². The van der Waals surface area contributed by atoms with Crippen molar-refractivity contribution in [3.63, 3.8) is 0 Å². The number of phenols is 1. The molecule has 1 aromatic rings. The number of carbonyl (C=O) groups excluding carboxylic acids is 1. The van der Waals surface area contributed by atoms with Gasteiger partial charge >= 0.3 is 0 Å². The molecule has 2 heterocycles. The van der Waals surface area contributed by atoms with Crippen LogP contribution in [0.1, 0.15) is 133 Å². The van der Waals surface area contributed by atoms with Crippen LogP contribution in [0.5, 0.6) is 17.2 Å². The number of aromatic hydroxyl groups is 1. The Morgan fingerprint density at radius 3 is 2.47 bits per heavy atom. The van der Waals surface area contributed by atoms with Gasteiger partial charge in [0.15, 0.2) is 11.5 Å². The summed E-state index contributed by atoms with van der Waals surface area (Å²) in [6.07, 6.45) is 24.5. The van der Waals surface area contributed by atoms with Gasteiger partial charge in [-0.25, -0.2) is 0 Å². The number of likely N-dealkylation sites (tertiary alicyclic amines) is 1. The SMILES string of the molecule is COc1cc(O)c2c3c1O[C@H]1[C@@H](N(CC4CCCCC4)C(=O)CCCCC4CCCCC4)CC[C@H]4[C@@H](C2)N(CC2CC2)CC[C@@]341. The second-order valence-electron chi connectivity index (χ2n) is 16.4. The van der Waals surface area contributed by atoms with Gasteiger partial charge in [0, 0.05) is 48.2 Å². The van der Waals surface area contributed by atoms with Crippen LogP contribution < -0.4 is 9.47 Å². The zero-order valence-corrected chi connectivity index (χ0v) is 27.9. The maximum atomic E-state index is 14.4. The number of hydrogen-bond acceptors (Lipinski definition) is 5. The van der Waals surface area contributed by atoms with E-state index < -0.39 is 0 Å². The average molecular weight is 619 g/mol. The fourth-order valence-electron chi connectivity index (χ4n) is 11.4. The van der Waals surface area contributed by atoms with Crippen LogP contribution in [0.4, 0.5) is 0 Å². The Balaban J connectivity index is 1.09. The number of methoxy groups -OCH3 is 1. The summed E-state index contributed by atoms with van der Waals surface area (Å²) in [7, 11) is 1.70. The Labute approximate surface area is 271 Å². The Bertz CT molecular complexity index is 1230. The molecule has 6 nitrogen and oxygen atoms in total. The van der Waals surface area contributed by atoms with E-state index in [0.29, 0.717) is 41.7 Å². The van der Waals surface area contributed by atoms with E-state index in [0.717, 1.165) is 68.3 Å². The number of piperidine rings is 1. The Morgan fingerprint density at radius 2 is 1.73 bits per heavy atom. The maximum Gasteiger partial charge on any atom is 0.222 e. The summed E-state index contributed by atoms with van der Waals surface area (Å²) in [5, 5.41) is 11.4. The highest BCUT2D eigenvalue weighted by Crippen LogP contribution is 2.66. The summed E-state index contributed by atoms with van der Waals surface area (Å²) in [5.74, 6) is 5.15. The first-order chi connectivity index (χ1) is 22.1. The third-order valence-electron chi connectivity index (χ3n) is 13.8. The van der Waals surface area contributed by atoms with E-state index in [1.54, 1.807) is 13.2 Å². The van der Waals surface area contributed by atoms with Crippen molar-refractivity contribution in [1.29, 1.82) is 0 Å². The van der Waals surface area contributed by atoms with Gasteiger partial charge in [0.05, 0.1) is 13.2 Å². The monoisotopic (exact) mass is 618 g/mol. The molecular weight excluding hydrogens is 560 g/mol. The number of hydrogen-bond donors (Lipinski definition) is 1. The lowest BCUT2D eigenvalue weighted by Gasteiger charge is -2.60. The number of nitrogens with zero attached hydrogens (tertiary/aromatic N) is 2. The van der Waals surface area contributed by atoms with E-state index in [1.165, 1.54) is 102 Å². The van der Waals surface area contributed by atoms with Crippen LogP contribution in [-0.4, -0.2) is 65.7 Å². The molecule has 248 valence electrons. The topological polar surface area (TPSA) is 62.2 Å². The molecule has 1 saturated heterocycles. The van der Waals surface area contributed by atoms with Gasteiger partial charge in [0.25, 0.3) is 0 Å². The number of amides is 1. The van der Waals surface area contributed by atoms with Crippen molar-refractivity contribution in [3.05, 3.63) is 17.2 Å². The van der Waals surface area contributed by atoms with Crippen molar-refractivity contribution in [3.8, 4) is 17.2 Å². The zero-order chi connectivity index (χ0) is 30.5. The van der Waals surface area contributed by atoms with Gasteiger partial charge < -0.3 is 19.5 Å². The van der Waals surface area contributed by atoms with Crippen molar-refractivity contribution in [2.45, 2.75) is 152 Å². The number of ether oxygens (including phenoxy) is 2. The van der Waals surface area contributed by atoms with Gasteiger partial charge in [-0.1, -0.05) is 64.2 Å². The molecule has 5 fully saturated rings. The minimum Gasteiger partial charge on any atom is -0.508 e. The lowest BCUT2D eigenvalue weighted by molar-refractivity contribution is -0.144. The second kappa shape index (κ2) is 12.6. The minimum absolute atomic E-state index is 0.0543. The molecular formula is C39H58N2O4. The number of rotatable bonds is 11. The Kier molecular flexibility index (Phi) is 8.50. The van der Waals surface area contributed by atoms with Crippen LogP contribution in [0.2, 0.25) is 0 Å². The van der Waals surface area contributed by atoms with E-state index >= 15 is 0 Å². The number of phenolic OH excluding ortho intramolecular Hbond substituents is 1. The van der Waals surface area contributed by atoms with Crippen LogP contribution in [-0.2, 0) is 16.6 Å². The summed E-state index contributed by atoms with van der Waals surface area (Å²) in [4.78, 5) is 19.6. The number of carbonyl (C=O) groups is 1. The molecule has 1 amide bonds. The molecule has 0 unspecified atom stereocenters. The smallest absolute Gasteiger partial charge is 0.222 e. The molecule has 0 radical (unpaired) electrons. The first-order valence-electron chi connectivity index (χ1n) is 19.2. The van der Waals surface area contributed by atoms with Gasteiger partial charge in [-0.3, -0.25) is 9.69 Å². The highest BCUT2D eigenvalue weighted by molar-refractivity contribution is 5.77. The highest BCUT2D eigenvalue weighted by atomic mass is 16.5. The first-order valence-corrected chi connectivity index (χ1v) is 19.2. The number of unbranched alkanes of at least 4 members (excludes halogenated alkanes) is 1. The van der Waals surface area contributed by atoms with Crippen LogP contribution in [0.15, 0.2) is 6.07 Å². The van der Waals surface area contributed by atoms with Crippen LogP contribution in [0.3, 0.4) is 0 Å². The molecule has 1 aromatic carbocycles. The molecule has 5 atom stereocenters. The molecule has 7 aliphatic rings. The fraction of sp³-hybridized carbons (Fsp3) is 0.821. The van der Waals surface area contributed by atoms with Crippen molar-refractivity contribution < 1.29 is 19.4 Å². The van der Waals surface area contributed by atoms with Gasteiger partial charge in [-0.15, -0.1) is 0 Å². The molecule has 6 heteroatoms. The first kappa shape index (κ1) is 30.4. The maximum absolute atomic E-state index is 14.4. The predicted molar refractivity (Wildman–Crippen MR) is 177 cm³/mol. The standard InChI is InChI=1S/C39H58N2O4/c1-44-34-23-33(42)29-22-32-30-18-19-31(38-39(30,36(29)37(34)45-38)20-21-40(32)24-28-16-17-28)41(25-27-13-6-3-7-14-27)35(43)15-9-8-12-26-10-4-2-5-11-26/h23,26-28,30-32,38,42H,2-22,24-25H2,1H3/t30-,31-,32+,38-,39-/m0/s1. The highest BCUT2D eigenvalue weighted by Gasteiger charge is 2.67. The van der Waals surface area contributed by atoms with Crippen molar-refractivity contribution in [1.82, 2.24) is 9.80 Å². The molecule has 45 heavy (non-hydrogen) atoms. The normalized spacial score (nSPS) is 33.0. The summed E-state index contributed by atoms with van der Waals surface area (Å²) in [6, 6.07) is 2.34. The average Bonchev–Trinajstić information content (AvgIpc) is 3.83. The van der Waals surface area contributed by atoms with Crippen LogP contribution >= 0.6 is 0 Å². The van der Waals surface area contributed by atoms with Gasteiger partial charge in [0.2, 0.25) is 5.91 Å². The van der Waals surface area contributed by atoms with Crippen molar-refractivity contribution >= 4 is 5.91 Å². The Hall–Kier alpha value is -1.95. The van der Waals surface area contributed by atoms with Crippen molar-refractivity contribution in [2.24, 2.45) is 23.7 Å². The molecule has 1 N–H and O–H groups in total. The molecule has 8 rings (SSSR count). The minimum atomic E-state index is -0.144. The van der Waals surface area contributed by atoms with E-state index in [-0.39, 0.29) is 17.6 Å². The molecule has 0 aromatic heterocycles. The fourth-order valence-corrected chi connectivity index (χ4v) is 11.4. The summed E-state index contributed by atoms with van der Waals surface area (Å²) < 4.78 is 13.1. The summed E-state index contributed by atoms with van der Waals surface area (Å²) >= 11 is 0. The van der Waals surface area contributed by atoms with E-state index in [1.807, 2.05) is 0 Å². The third-order valence-corrected chi connectivity index (χ3v) is 13.8. The second-order valence-corrected chi connectivity index (χ2v) is 16.4. The largest absolute Gasteiger partial charge is 0.508 e. The Morgan fingerprint density at radius 1 is 0.978 bits per heavy atom. The van der Waals surface area contributed by atoms with Gasteiger partial charge in [-0.05, 0) is 88.0 Å². The van der Waals surface area contributed by atoms with E-state index in [2.05, 4.69) is 9.80 Å². The van der Waals surface area contributed by atoms with E-state index in [9.17, 15) is 9.90 Å². The lowest BCUT2D eigenvalue weighted by atomic mass is 9.50. The quantitative estimate of drug-likeness (QED) is 0.257. The van der Waals surface area contributed by atoms with Crippen LogP contribution in [0, 0.1) is 23.7 Å². The van der Waals surface area contributed by atoms with Crippen molar-refractivity contribution in [2.75, 3.05) is 26.7 Å². The third kappa shape index (κ3) is 5.47. The molecule has 1 spiro atoms.